The van der Waals surface area contributed by atoms with E-state index < -0.39 is 0 Å². The number of hydrogen-bond donors (Lipinski definition) is 3. The van der Waals surface area contributed by atoms with Crippen molar-refractivity contribution in [2.75, 3.05) is 13.7 Å². The van der Waals surface area contributed by atoms with Crippen LogP contribution < -0.4 is 11.1 Å². The van der Waals surface area contributed by atoms with Gasteiger partial charge in [0.2, 0.25) is 0 Å². The Morgan fingerprint density at radius 1 is 1.60 bits per heavy atom. The molecule has 0 fully saturated rings. The highest BCUT2D eigenvalue weighted by Crippen LogP contribution is 2.07. The summed E-state index contributed by atoms with van der Waals surface area (Å²) in [6.45, 7) is 6.81. The summed E-state index contributed by atoms with van der Waals surface area (Å²) in [5.41, 5.74) is 5.25. The molecule has 0 saturated heterocycles. The first kappa shape index (κ1) is 14.2. The van der Waals surface area contributed by atoms with Crippen molar-refractivity contribution in [3.05, 3.63) is 0 Å². The molecular formula is C10H23N3O2. The molecule has 1 unspecified atom stereocenters. The van der Waals surface area contributed by atoms with E-state index in [1.807, 2.05) is 13.8 Å². The van der Waals surface area contributed by atoms with Crippen LogP contribution in [0.5, 0.6) is 0 Å². The van der Waals surface area contributed by atoms with E-state index in [0.717, 1.165) is 13.0 Å². The lowest BCUT2D eigenvalue weighted by molar-refractivity contribution is 0.0211. The Morgan fingerprint density at radius 2 is 2.20 bits per heavy atom. The van der Waals surface area contributed by atoms with Crippen LogP contribution >= 0.6 is 0 Å². The third kappa shape index (κ3) is 6.30. The molecule has 0 aliphatic rings. The van der Waals surface area contributed by atoms with Gasteiger partial charge in [0.05, 0.1) is 5.60 Å². The first-order valence-corrected chi connectivity index (χ1v) is 5.20. The van der Waals surface area contributed by atoms with Crippen molar-refractivity contribution in [3.63, 3.8) is 0 Å². The number of nitrogens with one attached hydrogen (secondary N) is 1. The summed E-state index contributed by atoms with van der Waals surface area (Å²) in [7, 11) is 1.69. The predicted octanol–water partition coefficient (Wildman–Crippen LogP) is 0.916. The van der Waals surface area contributed by atoms with Gasteiger partial charge in [-0.2, -0.15) is 0 Å². The van der Waals surface area contributed by atoms with Gasteiger partial charge in [-0.05, 0) is 20.3 Å². The van der Waals surface area contributed by atoms with Crippen LogP contribution in [0.25, 0.3) is 0 Å². The zero-order valence-electron chi connectivity index (χ0n) is 10.1. The number of rotatable bonds is 7. The topological polar surface area (TPSA) is 79.9 Å². The lowest BCUT2D eigenvalue weighted by atomic mass is 10.1. The van der Waals surface area contributed by atoms with E-state index in [2.05, 4.69) is 17.4 Å². The number of hydrogen-bond acceptors (Lipinski definition) is 4. The van der Waals surface area contributed by atoms with Gasteiger partial charge in [-0.15, -0.1) is 0 Å². The molecular weight excluding hydrogens is 194 g/mol. The van der Waals surface area contributed by atoms with Gasteiger partial charge < -0.3 is 21.0 Å². The maximum absolute atomic E-state index is 8.46. The molecule has 1 atom stereocenters. The van der Waals surface area contributed by atoms with Crippen molar-refractivity contribution in [1.82, 2.24) is 5.32 Å². The van der Waals surface area contributed by atoms with Crippen LogP contribution in [0, 0.1) is 0 Å². The number of nitrogens with two attached hydrogens (primary N) is 1. The van der Waals surface area contributed by atoms with Crippen molar-refractivity contribution in [3.8, 4) is 0 Å². The SMILES string of the molecule is CCC(CC(N)=NO)NCC(C)(C)OC. The standard InChI is InChI=1S/C10H23N3O2/c1-5-8(6-9(11)13-14)12-7-10(2,3)15-4/h8,12,14H,5-7H2,1-4H3,(H2,11,13). The Kier molecular flexibility index (Phi) is 6.27. The fraction of sp³-hybridized carbons (Fsp3) is 0.900. The summed E-state index contributed by atoms with van der Waals surface area (Å²) in [4.78, 5) is 0. The molecule has 0 bridgehead atoms. The number of amidine groups is 1. The van der Waals surface area contributed by atoms with Crippen LogP contribution in [-0.4, -0.2) is 36.3 Å². The zero-order valence-corrected chi connectivity index (χ0v) is 10.1. The minimum atomic E-state index is -0.196. The molecule has 0 heterocycles. The van der Waals surface area contributed by atoms with E-state index in [1.165, 1.54) is 0 Å². The van der Waals surface area contributed by atoms with Crippen LogP contribution in [0.15, 0.2) is 5.16 Å². The predicted molar refractivity (Wildman–Crippen MR) is 61.2 cm³/mol. The molecule has 5 nitrogen and oxygen atoms in total. The molecule has 0 aromatic carbocycles. The van der Waals surface area contributed by atoms with Crippen LogP contribution in [0.3, 0.4) is 0 Å². The van der Waals surface area contributed by atoms with Gasteiger partial charge in [-0.1, -0.05) is 12.1 Å². The fourth-order valence-electron chi connectivity index (χ4n) is 1.12. The summed E-state index contributed by atoms with van der Waals surface area (Å²) in [5.74, 6) is 0.254. The first-order chi connectivity index (χ1) is 6.95. The normalized spacial score (nSPS) is 15.3. The summed E-state index contributed by atoms with van der Waals surface area (Å²) in [6.07, 6.45) is 1.48. The number of oxime groups is 1. The third-order valence-corrected chi connectivity index (χ3v) is 2.45. The van der Waals surface area contributed by atoms with E-state index in [-0.39, 0.29) is 17.5 Å². The molecule has 90 valence electrons. The highest BCUT2D eigenvalue weighted by atomic mass is 16.5. The maximum Gasteiger partial charge on any atom is 0.140 e. The quantitative estimate of drug-likeness (QED) is 0.256. The highest BCUT2D eigenvalue weighted by Gasteiger charge is 2.18. The molecule has 0 aliphatic heterocycles. The molecule has 15 heavy (non-hydrogen) atoms. The molecule has 4 N–H and O–H groups in total. The van der Waals surface area contributed by atoms with E-state index in [1.54, 1.807) is 7.11 Å². The smallest absolute Gasteiger partial charge is 0.140 e. The largest absolute Gasteiger partial charge is 0.409 e. The van der Waals surface area contributed by atoms with Gasteiger partial charge in [-0.3, -0.25) is 0 Å². The third-order valence-electron chi connectivity index (χ3n) is 2.45. The lowest BCUT2D eigenvalue weighted by Gasteiger charge is -2.26. The minimum Gasteiger partial charge on any atom is -0.409 e. The van der Waals surface area contributed by atoms with Crippen molar-refractivity contribution < 1.29 is 9.94 Å². The van der Waals surface area contributed by atoms with Crippen molar-refractivity contribution in [2.45, 2.75) is 45.3 Å². The van der Waals surface area contributed by atoms with Gasteiger partial charge in [0.15, 0.2) is 0 Å². The highest BCUT2D eigenvalue weighted by molar-refractivity contribution is 5.80. The van der Waals surface area contributed by atoms with Gasteiger partial charge >= 0.3 is 0 Å². The lowest BCUT2D eigenvalue weighted by Crippen LogP contribution is -2.43. The van der Waals surface area contributed by atoms with E-state index in [4.69, 9.17) is 15.7 Å². The van der Waals surface area contributed by atoms with Crippen molar-refractivity contribution >= 4 is 5.84 Å². The monoisotopic (exact) mass is 217 g/mol. The molecule has 0 saturated carbocycles. The summed E-state index contributed by atoms with van der Waals surface area (Å²) >= 11 is 0. The van der Waals surface area contributed by atoms with Gasteiger partial charge in [0.25, 0.3) is 0 Å². The van der Waals surface area contributed by atoms with Crippen molar-refractivity contribution in [2.24, 2.45) is 10.9 Å². The molecule has 0 radical (unpaired) electrons. The molecule has 0 amide bonds. The van der Waals surface area contributed by atoms with Crippen LogP contribution in [0.1, 0.15) is 33.6 Å². The molecule has 0 rings (SSSR count). The Balaban J connectivity index is 4.01. The van der Waals surface area contributed by atoms with Crippen LogP contribution in [-0.2, 0) is 4.74 Å². The van der Waals surface area contributed by atoms with Crippen molar-refractivity contribution in [1.29, 1.82) is 0 Å². The van der Waals surface area contributed by atoms with Gasteiger partial charge in [0, 0.05) is 26.1 Å². The average molecular weight is 217 g/mol. The Labute approximate surface area is 91.7 Å². The number of ether oxygens (including phenoxy) is 1. The summed E-state index contributed by atoms with van der Waals surface area (Å²) in [5, 5.41) is 14.8. The fourth-order valence-corrected chi connectivity index (χ4v) is 1.12. The summed E-state index contributed by atoms with van der Waals surface area (Å²) < 4.78 is 5.29. The van der Waals surface area contributed by atoms with Gasteiger partial charge in [-0.25, -0.2) is 0 Å². The maximum atomic E-state index is 8.46. The molecule has 0 spiro atoms. The Bertz CT molecular complexity index is 205. The summed E-state index contributed by atoms with van der Waals surface area (Å²) in [6, 6.07) is 0.218. The molecule has 0 aliphatic carbocycles. The number of methoxy groups -OCH3 is 1. The zero-order chi connectivity index (χ0) is 11.9. The minimum absolute atomic E-state index is 0.196. The van der Waals surface area contributed by atoms with Crippen LogP contribution in [0.2, 0.25) is 0 Å². The van der Waals surface area contributed by atoms with E-state index >= 15 is 0 Å². The average Bonchev–Trinajstić information content (AvgIpc) is 2.23. The second kappa shape index (κ2) is 6.63. The van der Waals surface area contributed by atoms with E-state index in [0.29, 0.717) is 6.42 Å². The second-order valence-electron chi connectivity index (χ2n) is 4.25. The van der Waals surface area contributed by atoms with Gasteiger partial charge in [0.1, 0.15) is 5.84 Å². The van der Waals surface area contributed by atoms with Crippen LogP contribution in [0.4, 0.5) is 0 Å². The first-order valence-electron chi connectivity index (χ1n) is 5.20. The van der Waals surface area contributed by atoms with E-state index in [9.17, 15) is 0 Å². The molecule has 0 aromatic heterocycles. The number of nitrogens with zero attached hydrogens (tertiary/aromatic N) is 1. The second-order valence-corrected chi connectivity index (χ2v) is 4.25. The molecule has 0 aromatic rings. The Morgan fingerprint density at radius 3 is 2.60 bits per heavy atom. The Hall–Kier alpha value is -0.810. The molecule has 5 heteroatoms.